The summed E-state index contributed by atoms with van der Waals surface area (Å²) in [4.78, 5) is 13.0. The molecule has 3 rings (SSSR count). The van der Waals surface area contributed by atoms with Gasteiger partial charge in [-0.05, 0) is 42.0 Å². The Morgan fingerprint density at radius 3 is 2.15 bits per heavy atom. The molecular formula is C27H28N2O4S. The van der Waals surface area contributed by atoms with Gasteiger partial charge in [-0.3, -0.25) is 4.79 Å². The van der Waals surface area contributed by atoms with Gasteiger partial charge in [-0.1, -0.05) is 54.6 Å². The summed E-state index contributed by atoms with van der Waals surface area (Å²) in [5.41, 5.74) is 2.02. The molecule has 0 atom stereocenters. The molecule has 0 bridgehead atoms. The van der Waals surface area contributed by atoms with Crippen molar-refractivity contribution in [2.45, 2.75) is 11.3 Å². The van der Waals surface area contributed by atoms with E-state index in [-0.39, 0.29) is 23.9 Å². The molecular weight excluding hydrogens is 448 g/mol. The Labute approximate surface area is 201 Å². The van der Waals surface area contributed by atoms with Crippen molar-refractivity contribution in [3.63, 3.8) is 0 Å². The first-order valence-corrected chi connectivity index (χ1v) is 12.3. The Morgan fingerprint density at radius 2 is 1.50 bits per heavy atom. The van der Waals surface area contributed by atoms with Gasteiger partial charge in [0.05, 0.1) is 17.1 Å². The normalized spacial score (nSPS) is 11.1. The molecule has 1 amide bonds. The molecule has 3 aromatic rings. The quantitative estimate of drug-likeness (QED) is 0.377. The zero-order valence-corrected chi connectivity index (χ0v) is 19.7. The van der Waals surface area contributed by atoms with Crippen molar-refractivity contribution in [3.05, 3.63) is 115 Å². The van der Waals surface area contributed by atoms with Gasteiger partial charge >= 0.3 is 0 Å². The van der Waals surface area contributed by atoms with E-state index in [9.17, 15) is 13.2 Å². The molecule has 7 heteroatoms. The first kappa shape index (κ1) is 25.0. The predicted molar refractivity (Wildman–Crippen MR) is 136 cm³/mol. The first-order chi connectivity index (χ1) is 16.5. The maximum atomic E-state index is 12.9. The largest absolute Gasteiger partial charge is 0.492 e. The number of hydrogen-bond acceptors (Lipinski definition) is 4. The predicted octanol–water partition coefficient (Wildman–Crippen LogP) is 4.92. The van der Waals surface area contributed by atoms with Crippen LogP contribution in [0.2, 0.25) is 0 Å². The van der Waals surface area contributed by atoms with Crippen LogP contribution in [-0.4, -0.2) is 38.3 Å². The molecule has 0 radical (unpaired) electrons. The van der Waals surface area contributed by atoms with Gasteiger partial charge in [0.1, 0.15) is 5.75 Å². The molecule has 0 spiro atoms. The molecule has 0 saturated carbocycles. The minimum absolute atomic E-state index is 0.124. The highest BCUT2D eigenvalue weighted by Crippen LogP contribution is 2.22. The third kappa shape index (κ3) is 6.43. The van der Waals surface area contributed by atoms with E-state index < -0.39 is 10.0 Å². The first-order valence-electron chi connectivity index (χ1n) is 10.8. The summed E-state index contributed by atoms with van der Waals surface area (Å²) >= 11 is 0. The number of carbonyl (C=O) groups excluding carboxylic acids is 1. The third-order valence-corrected chi connectivity index (χ3v) is 6.88. The summed E-state index contributed by atoms with van der Waals surface area (Å²) in [5, 5.41) is 2.81. The summed E-state index contributed by atoms with van der Waals surface area (Å²) < 4.78 is 32.8. The highest BCUT2D eigenvalue weighted by atomic mass is 32.2. The van der Waals surface area contributed by atoms with Crippen LogP contribution in [0.5, 0.6) is 5.75 Å². The lowest BCUT2D eigenvalue weighted by Gasteiger charge is -2.19. The van der Waals surface area contributed by atoms with E-state index >= 15 is 0 Å². The fraction of sp³-hybridized carbons (Fsp3) is 0.148. The van der Waals surface area contributed by atoms with E-state index in [1.54, 1.807) is 30.3 Å². The number of benzene rings is 3. The number of hydrogen-bond donors (Lipinski definition) is 1. The second-order valence-corrected chi connectivity index (χ2v) is 9.40. The number of carbonyl (C=O) groups is 1. The standard InChI is InChI=1S/C27H28N2O4S/c1-3-19-29(20-4-2)34(31,32)24-16-14-23(15-17-24)28-27(30)25-12-8-9-13-26(25)33-21-18-22-10-6-5-7-11-22/h3-17H,1-2,18-21H2,(H,28,30). The Balaban J connectivity index is 1.68. The van der Waals surface area contributed by atoms with Gasteiger partial charge in [-0.25, -0.2) is 8.42 Å². The van der Waals surface area contributed by atoms with E-state index in [0.717, 1.165) is 12.0 Å². The lowest BCUT2D eigenvalue weighted by atomic mass is 10.1. The lowest BCUT2D eigenvalue weighted by molar-refractivity contribution is 0.102. The molecule has 0 aliphatic carbocycles. The second kappa shape index (κ2) is 12.0. The Hall–Kier alpha value is -3.68. The smallest absolute Gasteiger partial charge is 0.259 e. The van der Waals surface area contributed by atoms with Crippen LogP contribution in [0.1, 0.15) is 15.9 Å². The van der Waals surface area contributed by atoms with Gasteiger partial charge in [0.15, 0.2) is 0 Å². The Kier molecular flexibility index (Phi) is 8.79. The average Bonchev–Trinajstić information content (AvgIpc) is 2.85. The van der Waals surface area contributed by atoms with Crippen molar-refractivity contribution < 1.29 is 17.9 Å². The number of sulfonamides is 1. The number of nitrogens with zero attached hydrogens (tertiary/aromatic N) is 1. The van der Waals surface area contributed by atoms with E-state index in [2.05, 4.69) is 18.5 Å². The van der Waals surface area contributed by atoms with Gasteiger partial charge in [0, 0.05) is 25.2 Å². The monoisotopic (exact) mass is 476 g/mol. The van der Waals surface area contributed by atoms with Crippen LogP contribution in [0.15, 0.2) is 109 Å². The minimum Gasteiger partial charge on any atom is -0.492 e. The summed E-state index contributed by atoms with van der Waals surface area (Å²) in [6.45, 7) is 8.00. The fourth-order valence-electron chi connectivity index (χ4n) is 3.32. The van der Waals surface area contributed by atoms with Gasteiger partial charge in [-0.15, -0.1) is 13.2 Å². The van der Waals surface area contributed by atoms with Crippen molar-refractivity contribution >= 4 is 21.6 Å². The maximum Gasteiger partial charge on any atom is 0.259 e. The van der Waals surface area contributed by atoms with Crippen molar-refractivity contribution in [3.8, 4) is 5.75 Å². The second-order valence-electron chi connectivity index (χ2n) is 7.46. The van der Waals surface area contributed by atoms with Gasteiger partial charge in [0.2, 0.25) is 10.0 Å². The van der Waals surface area contributed by atoms with Crippen LogP contribution in [0.3, 0.4) is 0 Å². The highest BCUT2D eigenvalue weighted by molar-refractivity contribution is 7.89. The highest BCUT2D eigenvalue weighted by Gasteiger charge is 2.22. The third-order valence-electron chi connectivity index (χ3n) is 5.04. The zero-order valence-electron chi connectivity index (χ0n) is 18.9. The summed E-state index contributed by atoms with van der Waals surface area (Å²) in [7, 11) is -3.70. The van der Waals surface area contributed by atoms with Crippen molar-refractivity contribution in [2.24, 2.45) is 0 Å². The van der Waals surface area contributed by atoms with Crippen LogP contribution in [-0.2, 0) is 16.4 Å². The summed E-state index contributed by atoms with van der Waals surface area (Å²) in [6.07, 6.45) is 3.77. The molecule has 3 aromatic carbocycles. The van der Waals surface area contributed by atoms with Crippen LogP contribution in [0.4, 0.5) is 5.69 Å². The molecule has 1 N–H and O–H groups in total. The van der Waals surface area contributed by atoms with Crippen molar-refractivity contribution in [1.29, 1.82) is 0 Å². The van der Waals surface area contributed by atoms with Crippen LogP contribution in [0.25, 0.3) is 0 Å². The SMILES string of the molecule is C=CCN(CC=C)S(=O)(=O)c1ccc(NC(=O)c2ccccc2OCCc2ccccc2)cc1. The number of anilines is 1. The summed E-state index contributed by atoms with van der Waals surface area (Å²) in [6, 6.07) is 23.0. The molecule has 0 unspecified atom stereocenters. The average molecular weight is 477 g/mol. The van der Waals surface area contributed by atoms with E-state index in [0.29, 0.717) is 23.6 Å². The van der Waals surface area contributed by atoms with Crippen LogP contribution >= 0.6 is 0 Å². The molecule has 0 saturated heterocycles. The van der Waals surface area contributed by atoms with E-state index in [1.165, 1.54) is 28.6 Å². The van der Waals surface area contributed by atoms with E-state index in [4.69, 9.17) is 4.74 Å². The molecule has 0 fully saturated rings. The summed E-state index contributed by atoms with van der Waals surface area (Å²) in [5.74, 6) is 0.144. The lowest BCUT2D eigenvalue weighted by Crippen LogP contribution is -2.31. The molecule has 6 nitrogen and oxygen atoms in total. The van der Waals surface area contributed by atoms with Gasteiger partial charge < -0.3 is 10.1 Å². The Morgan fingerprint density at radius 1 is 0.882 bits per heavy atom. The fourth-order valence-corrected chi connectivity index (χ4v) is 4.70. The number of ether oxygens (including phenoxy) is 1. The molecule has 0 aliphatic rings. The molecule has 176 valence electrons. The number of amides is 1. The van der Waals surface area contributed by atoms with Crippen LogP contribution < -0.4 is 10.1 Å². The molecule has 0 heterocycles. The van der Waals surface area contributed by atoms with Crippen molar-refractivity contribution in [2.75, 3.05) is 25.0 Å². The molecule has 34 heavy (non-hydrogen) atoms. The van der Waals surface area contributed by atoms with E-state index in [1.807, 2.05) is 36.4 Å². The Bertz CT molecular complexity index is 1210. The molecule has 0 aromatic heterocycles. The molecule has 0 aliphatic heterocycles. The maximum absolute atomic E-state index is 12.9. The number of rotatable bonds is 12. The van der Waals surface area contributed by atoms with Crippen molar-refractivity contribution in [1.82, 2.24) is 4.31 Å². The van der Waals surface area contributed by atoms with Gasteiger partial charge in [0.25, 0.3) is 5.91 Å². The number of para-hydroxylation sites is 1. The number of nitrogens with one attached hydrogen (secondary N) is 1. The minimum atomic E-state index is -3.70. The zero-order chi connectivity index (χ0) is 24.4. The van der Waals surface area contributed by atoms with Crippen LogP contribution in [0, 0.1) is 0 Å². The van der Waals surface area contributed by atoms with Gasteiger partial charge in [-0.2, -0.15) is 4.31 Å². The topological polar surface area (TPSA) is 75.7 Å².